The molecule has 4 heteroatoms. The molecule has 460 valence electrons. The van der Waals surface area contributed by atoms with E-state index in [1.165, 1.54) is 326 Å². The molecule has 10 aliphatic rings. The molecule has 15 rings (SSSR count). The van der Waals surface area contributed by atoms with Crippen LogP contribution in [0.5, 0.6) is 0 Å². The Morgan fingerprint density at radius 3 is 1.24 bits per heavy atom. The minimum Gasteiger partial charge on any atom is -0.312 e. The monoisotopic (exact) mass is 1170 g/mol. The first-order valence-corrected chi connectivity index (χ1v) is 37.6. The number of hydrogen-bond donors (Lipinski definition) is 0. The lowest BCUT2D eigenvalue weighted by atomic mass is 9.33. The molecule has 0 spiro atoms. The van der Waals surface area contributed by atoms with E-state index in [9.17, 15) is 0 Å². The van der Waals surface area contributed by atoms with Crippen LogP contribution in [0.2, 0.25) is 0 Å². The number of rotatable bonds is 5. The second-order valence-electron chi connectivity index (χ2n) is 29.9. The van der Waals surface area contributed by atoms with Crippen LogP contribution >= 0.6 is 0 Å². The molecule has 2 heterocycles. The van der Waals surface area contributed by atoms with E-state index < -0.39 is 0 Å². The van der Waals surface area contributed by atoms with Crippen molar-refractivity contribution in [1.29, 1.82) is 0 Å². The Morgan fingerprint density at radius 1 is 0.307 bits per heavy atom. The number of anilines is 7. The Hall–Kier alpha value is -5.48. The Labute approximate surface area is 533 Å². The Balaban J connectivity index is 1.02. The van der Waals surface area contributed by atoms with Crippen LogP contribution in [0.4, 0.5) is 39.8 Å². The van der Waals surface area contributed by atoms with Crippen LogP contribution in [-0.2, 0) is 51.4 Å². The third kappa shape index (κ3) is 12.4. The molecule has 0 bridgehead atoms. The van der Waals surface area contributed by atoms with Gasteiger partial charge in [-0.2, -0.15) is 0 Å². The topological polar surface area (TPSA) is 9.72 Å². The largest absolute Gasteiger partial charge is 0.312 e. The summed E-state index contributed by atoms with van der Waals surface area (Å²) >= 11 is 0. The van der Waals surface area contributed by atoms with E-state index in [1.807, 2.05) is 0 Å². The lowest BCUT2D eigenvalue weighted by Crippen LogP contribution is -2.62. The van der Waals surface area contributed by atoms with Gasteiger partial charge in [0, 0.05) is 45.5 Å². The van der Waals surface area contributed by atoms with Crippen LogP contribution in [0.3, 0.4) is 0 Å². The van der Waals surface area contributed by atoms with E-state index in [0.29, 0.717) is 23.7 Å². The molecular formula is C84H106BN3. The zero-order valence-corrected chi connectivity index (χ0v) is 54.3. The van der Waals surface area contributed by atoms with Crippen molar-refractivity contribution in [2.75, 3.05) is 14.7 Å². The van der Waals surface area contributed by atoms with Crippen molar-refractivity contribution in [1.82, 2.24) is 0 Å². The number of aryl methyl sites for hydroxylation is 8. The van der Waals surface area contributed by atoms with Gasteiger partial charge in [-0.1, -0.05) is 190 Å². The molecule has 0 saturated heterocycles. The van der Waals surface area contributed by atoms with Gasteiger partial charge < -0.3 is 14.7 Å². The van der Waals surface area contributed by atoms with Gasteiger partial charge in [-0.05, 0) is 274 Å². The van der Waals surface area contributed by atoms with E-state index >= 15 is 0 Å². The van der Waals surface area contributed by atoms with Crippen molar-refractivity contribution >= 4 is 62.9 Å². The zero-order valence-electron chi connectivity index (χ0n) is 54.3. The maximum absolute atomic E-state index is 2.91. The van der Waals surface area contributed by atoms with E-state index in [1.54, 1.807) is 55.4 Å². The highest BCUT2D eigenvalue weighted by molar-refractivity contribution is 7.00. The number of allylic oxidation sites excluding steroid dienone is 6. The summed E-state index contributed by atoms with van der Waals surface area (Å²) in [5.74, 6) is 2.35. The van der Waals surface area contributed by atoms with Crippen LogP contribution in [0.1, 0.15) is 263 Å². The fourth-order valence-corrected chi connectivity index (χ4v) is 19.0. The van der Waals surface area contributed by atoms with Gasteiger partial charge in [-0.3, -0.25) is 0 Å². The highest BCUT2D eigenvalue weighted by Crippen LogP contribution is 2.50. The molecule has 2 aliphatic heterocycles. The van der Waals surface area contributed by atoms with Gasteiger partial charge >= 0.3 is 0 Å². The second-order valence-corrected chi connectivity index (χ2v) is 29.9. The average Bonchev–Trinajstić information content (AvgIpc) is 0.792. The number of fused-ring (bicyclic) bond motifs is 10. The predicted molar refractivity (Wildman–Crippen MR) is 378 cm³/mol. The molecule has 4 unspecified atom stereocenters. The summed E-state index contributed by atoms with van der Waals surface area (Å²) in [7, 11) is 0. The first kappa shape index (κ1) is 58.9. The van der Waals surface area contributed by atoms with Gasteiger partial charge in [-0.25, -0.2) is 0 Å². The molecule has 88 heavy (non-hydrogen) atoms. The summed E-state index contributed by atoms with van der Waals surface area (Å²) in [6.45, 7) is 0.119. The Morgan fingerprint density at radius 2 is 0.705 bits per heavy atom. The van der Waals surface area contributed by atoms with Crippen LogP contribution in [-0.4, -0.2) is 6.71 Å². The maximum Gasteiger partial charge on any atom is 0.252 e. The lowest BCUT2D eigenvalue weighted by molar-refractivity contribution is 0.406. The van der Waals surface area contributed by atoms with Crippen LogP contribution in [0.25, 0.3) is 0 Å². The van der Waals surface area contributed by atoms with Crippen molar-refractivity contribution in [2.24, 2.45) is 23.7 Å². The van der Waals surface area contributed by atoms with Crippen molar-refractivity contribution in [3.05, 3.63) is 165 Å². The molecule has 0 N–H and O–H groups in total. The van der Waals surface area contributed by atoms with Crippen LogP contribution in [0.15, 0.2) is 121 Å². The summed E-state index contributed by atoms with van der Waals surface area (Å²) in [6, 6.07) is 32.5. The molecule has 3 nitrogen and oxygen atoms in total. The maximum atomic E-state index is 2.91. The number of hydrogen-bond acceptors (Lipinski definition) is 3. The predicted octanol–water partition coefficient (Wildman–Crippen LogP) is 21.6. The normalized spacial score (nSPS) is 24.5. The van der Waals surface area contributed by atoms with E-state index in [2.05, 4.69) is 124 Å². The molecule has 4 atom stereocenters. The average molecular weight is 1170 g/mol. The van der Waals surface area contributed by atoms with Gasteiger partial charge in [0.2, 0.25) is 0 Å². The summed E-state index contributed by atoms with van der Waals surface area (Å²) in [5, 5.41) is 0. The van der Waals surface area contributed by atoms with Crippen molar-refractivity contribution < 1.29 is 0 Å². The molecule has 0 radical (unpaired) electrons. The lowest BCUT2D eigenvalue weighted by Gasteiger charge is -2.46. The Bertz CT molecular complexity index is 3420. The van der Waals surface area contributed by atoms with Gasteiger partial charge in [0.15, 0.2) is 0 Å². The van der Waals surface area contributed by atoms with Gasteiger partial charge in [0.1, 0.15) is 0 Å². The van der Waals surface area contributed by atoms with Gasteiger partial charge in [-0.15, -0.1) is 0 Å². The smallest absolute Gasteiger partial charge is 0.252 e. The Kier molecular flexibility index (Phi) is 18.4. The SMILES string of the molecule is C1=CC2CCCCCCCC2C=C1N(c1ccc2c(c1)CCCCCCC2)c1cc2c3c(c1)N(c1ccc4c(c1)CCCCCCC4)c1cc4c(cc1B3c1cc3c(cc1N2C1=CC2CCCCCCCC2C=C1)CCCCCCC3)CCCCCCC4. The van der Waals surface area contributed by atoms with Crippen molar-refractivity contribution in [3.8, 4) is 0 Å². The highest BCUT2D eigenvalue weighted by atomic mass is 15.2. The van der Waals surface area contributed by atoms with Crippen molar-refractivity contribution in [3.63, 3.8) is 0 Å². The minimum atomic E-state index is 0.119. The zero-order chi connectivity index (χ0) is 58.6. The highest BCUT2D eigenvalue weighted by Gasteiger charge is 2.46. The van der Waals surface area contributed by atoms with Crippen LogP contribution in [0, 0.1) is 23.7 Å². The third-order valence-corrected chi connectivity index (χ3v) is 24.0. The first-order valence-electron chi connectivity index (χ1n) is 37.6. The summed E-state index contributed by atoms with van der Waals surface area (Å²) in [5.41, 5.74) is 30.1. The molecule has 2 saturated carbocycles. The second kappa shape index (κ2) is 27.5. The molecular weight excluding hydrogens is 1060 g/mol. The van der Waals surface area contributed by atoms with E-state index in [-0.39, 0.29) is 6.71 Å². The summed E-state index contributed by atoms with van der Waals surface area (Å²) in [4.78, 5) is 8.61. The third-order valence-electron chi connectivity index (χ3n) is 24.0. The van der Waals surface area contributed by atoms with Gasteiger partial charge in [0.05, 0.1) is 5.69 Å². The number of nitrogens with zero attached hydrogens (tertiary/aromatic N) is 3. The van der Waals surface area contributed by atoms with Gasteiger partial charge in [0.25, 0.3) is 6.71 Å². The molecule has 8 aliphatic carbocycles. The van der Waals surface area contributed by atoms with E-state index in [0.717, 1.165) is 0 Å². The number of benzene rings is 5. The standard InChI is InChI=1S/C84H106BN3/c1-7-19-31-61-43-47-73(51-65(61)35-23-11-1)86(74-48-44-62-32-20-8-2-12-24-36-66(62)52-74)77-59-82-84-83(60-77)88(76-50-46-64-34-22-10-4-14-26-38-68(64)54-76)81-58-72-42-30-18-6-16-28-40-70(72)56-79(81)85(84)78-55-69-39-27-15-5-17-29-41-71(69)57-80(78)87(82)75-49-45-63-33-21-9-3-13-25-37-67(63)53-75/h43-61,63,65,67H,1-42H2. The molecule has 0 aromatic heterocycles. The summed E-state index contributed by atoms with van der Waals surface area (Å²) in [6.07, 6.45) is 71.3. The molecule has 5 aromatic rings. The molecule has 0 amide bonds. The quantitative estimate of drug-likeness (QED) is 0.159. The van der Waals surface area contributed by atoms with Crippen LogP contribution < -0.4 is 31.1 Å². The van der Waals surface area contributed by atoms with E-state index in [4.69, 9.17) is 0 Å². The fourth-order valence-electron chi connectivity index (χ4n) is 19.0. The first-order chi connectivity index (χ1) is 43.7. The minimum absolute atomic E-state index is 0.119. The molecule has 5 aromatic carbocycles. The summed E-state index contributed by atoms with van der Waals surface area (Å²) < 4.78 is 0. The molecule has 2 fully saturated rings. The fraction of sp³-hybridized carbons (Fsp3) is 0.548. The van der Waals surface area contributed by atoms with Crippen molar-refractivity contribution in [2.45, 2.75) is 270 Å².